The van der Waals surface area contributed by atoms with E-state index in [0.717, 1.165) is 0 Å². The smallest absolute Gasteiger partial charge is 0.303 e. The molecule has 18 heavy (non-hydrogen) atoms. The molecule has 7 heteroatoms. The first-order valence-electron chi connectivity index (χ1n) is 5.22. The molecule has 0 heterocycles. The van der Waals surface area contributed by atoms with E-state index in [1.54, 1.807) is 6.92 Å². The number of nitro groups is 1. The minimum atomic E-state index is -0.896. The van der Waals surface area contributed by atoms with Crippen molar-refractivity contribution in [3.63, 3.8) is 0 Å². The van der Waals surface area contributed by atoms with E-state index in [0.29, 0.717) is 12.2 Å². The predicted molar refractivity (Wildman–Crippen MR) is 65.1 cm³/mol. The molecule has 6 nitrogen and oxygen atoms in total. The third kappa shape index (κ3) is 4.21. The summed E-state index contributed by atoms with van der Waals surface area (Å²) in [4.78, 5) is 20.3. The highest BCUT2D eigenvalue weighted by Gasteiger charge is 2.14. The number of carbonyl (C=O) groups is 1. The number of nitro benzene ring substituents is 1. The van der Waals surface area contributed by atoms with Gasteiger partial charge in [0.25, 0.3) is 5.69 Å². The second-order valence-corrected chi connectivity index (χ2v) is 4.14. The normalized spacial score (nSPS) is 11.9. The summed E-state index contributed by atoms with van der Waals surface area (Å²) in [5.41, 5.74) is -0.192. The molecule has 0 saturated heterocycles. The molecule has 0 aliphatic rings. The molecule has 0 spiro atoms. The average Bonchev–Trinajstić information content (AvgIpc) is 2.26. The van der Waals surface area contributed by atoms with E-state index in [1.165, 1.54) is 18.2 Å². The number of rotatable bonds is 6. The molecule has 0 bridgehead atoms. The van der Waals surface area contributed by atoms with Gasteiger partial charge in [-0.05, 0) is 19.4 Å². The summed E-state index contributed by atoms with van der Waals surface area (Å²) < 4.78 is 5.41. The third-order valence-corrected chi connectivity index (χ3v) is 2.52. The molecule has 1 aromatic rings. The van der Waals surface area contributed by atoms with E-state index in [-0.39, 0.29) is 23.2 Å². The lowest BCUT2D eigenvalue weighted by Crippen LogP contribution is -2.13. The van der Waals surface area contributed by atoms with Crippen molar-refractivity contribution < 1.29 is 19.6 Å². The van der Waals surface area contributed by atoms with Gasteiger partial charge in [-0.25, -0.2) is 0 Å². The Balaban J connectivity index is 2.65. The number of benzene rings is 1. The standard InChI is InChI=1S/C11H12ClNO5/c1-7(2-5-11(14)15)18-8-3-4-10(13(16)17)9(12)6-8/h3-4,6-7H,2,5H2,1H3,(H,14,15). The lowest BCUT2D eigenvalue weighted by Gasteiger charge is -2.13. The number of ether oxygens (including phenoxy) is 1. The predicted octanol–water partition coefficient (Wildman–Crippen LogP) is 2.88. The van der Waals surface area contributed by atoms with E-state index in [4.69, 9.17) is 21.4 Å². The highest BCUT2D eigenvalue weighted by Crippen LogP contribution is 2.29. The molecule has 1 N–H and O–H groups in total. The average molecular weight is 274 g/mol. The van der Waals surface area contributed by atoms with Crippen molar-refractivity contribution in [3.05, 3.63) is 33.3 Å². The number of hydrogen-bond donors (Lipinski definition) is 1. The van der Waals surface area contributed by atoms with Crippen molar-refractivity contribution in [2.45, 2.75) is 25.9 Å². The molecular formula is C11H12ClNO5. The lowest BCUT2D eigenvalue weighted by atomic mass is 10.2. The summed E-state index contributed by atoms with van der Waals surface area (Å²) in [7, 11) is 0. The Labute approximate surface area is 108 Å². The van der Waals surface area contributed by atoms with Crippen LogP contribution in [-0.4, -0.2) is 22.1 Å². The molecule has 0 saturated carbocycles. The number of nitrogens with zero attached hydrogens (tertiary/aromatic N) is 1. The van der Waals surface area contributed by atoms with Crippen LogP contribution in [0.15, 0.2) is 18.2 Å². The molecule has 1 rings (SSSR count). The van der Waals surface area contributed by atoms with Crippen molar-refractivity contribution >= 4 is 23.3 Å². The van der Waals surface area contributed by atoms with Crippen LogP contribution < -0.4 is 4.74 Å². The fourth-order valence-electron chi connectivity index (χ4n) is 1.33. The summed E-state index contributed by atoms with van der Waals surface area (Å²) >= 11 is 5.72. The van der Waals surface area contributed by atoms with Gasteiger partial charge >= 0.3 is 5.97 Å². The Bertz CT molecular complexity index is 463. The number of aliphatic carboxylic acids is 1. The fourth-order valence-corrected chi connectivity index (χ4v) is 1.57. The monoisotopic (exact) mass is 273 g/mol. The molecule has 1 aromatic carbocycles. The molecule has 1 unspecified atom stereocenters. The summed E-state index contributed by atoms with van der Waals surface area (Å²) in [5, 5.41) is 19.1. The van der Waals surface area contributed by atoms with Gasteiger partial charge < -0.3 is 9.84 Å². The van der Waals surface area contributed by atoms with Gasteiger partial charge in [0.1, 0.15) is 10.8 Å². The Morgan fingerprint density at radius 2 is 2.28 bits per heavy atom. The second-order valence-electron chi connectivity index (χ2n) is 3.73. The maximum atomic E-state index is 10.5. The van der Waals surface area contributed by atoms with Crippen molar-refractivity contribution in [1.82, 2.24) is 0 Å². The van der Waals surface area contributed by atoms with Crippen molar-refractivity contribution in [1.29, 1.82) is 0 Å². The first-order chi connectivity index (χ1) is 8.40. The van der Waals surface area contributed by atoms with Crippen molar-refractivity contribution in [2.75, 3.05) is 0 Å². The summed E-state index contributed by atoms with van der Waals surface area (Å²) in [6.45, 7) is 1.72. The highest BCUT2D eigenvalue weighted by molar-refractivity contribution is 6.32. The van der Waals surface area contributed by atoms with Gasteiger partial charge in [-0.1, -0.05) is 11.6 Å². The number of carboxylic acids is 1. The maximum absolute atomic E-state index is 10.5. The van der Waals surface area contributed by atoms with Crippen LogP contribution in [0, 0.1) is 10.1 Å². The molecule has 0 fully saturated rings. The highest BCUT2D eigenvalue weighted by atomic mass is 35.5. The van der Waals surface area contributed by atoms with Crippen LogP contribution in [-0.2, 0) is 4.79 Å². The summed E-state index contributed by atoms with van der Waals surface area (Å²) in [6, 6.07) is 4.03. The van der Waals surface area contributed by atoms with E-state index >= 15 is 0 Å². The second kappa shape index (κ2) is 6.20. The molecule has 0 aliphatic carbocycles. The SMILES string of the molecule is CC(CCC(=O)O)Oc1ccc([N+](=O)[O-])c(Cl)c1. The van der Waals surface area contributed by atoms with Crippen LogP contribution in [0.25, 0.3) is 0 Å². The first kappa shape index (κ1) is 14.2. The molecule has 0 aromatic heterocycles. The van der Waals surface area contributed by atoms with Crippen LogP contribution in [0.4, 0.5) is 5.69 Å². The Morgan fingerprint density at radius 3 is 2.78 bits per heavy atom. The van der Waals surface area contributed by atoms with Gasteiger partial charge in [-0.3, -0.25) is 14.9 Å². The van der Waals surface area contributed by atoms with Crippen LogP contribution in [0.1, 0.15) is 19.8 Å². The lowest BCUT2D eigenvalue weighted by molar-refractivity contribution is -0.384. The first-order valence-corrected chi connectivity index (χ1v) is 5.60. The van der Waals surface area contributed by atoms with E-state index in [1.807, 2.05) is 0 Å². The molecular weight excluding hydrogens is 262 g/mol. The van der Waals surface area contributed by atoms with E-state index in [2.05, 4.69) is 0 Å². The molecule has 0 aliphatic heterocycles. The number of halogens is 1. The molecule has 98 valence electrons. The molecule has 1 atom stereocenters. The van der Waals surface area contributed by atoms with Crippen LogP contribution in [0.2, 0.25) is 5.02 Å². The largest absolute Gasteiger partial charge is 0.491 e. The van der Waals surface area contributed by atoms with Gasteiger partial charge in [-0.2, -0.15) is 0 Å². The van der Waals surface area contributed by atoms with Crippen LogP contribution >= 0.6 is 11.6 Å². The summed E-state index contributed by atoms with van der Waals surface area (Å²) in [6.07, 6.45) is 0.0462. The number of carboxylic acid groups (broad SMARTS) is 1. The van der Waals surface area contributed by atoms with Crippen molar-refractivity contribution in [2.24, 2.45) is 0 Å². The third-order valence-electron chi connectivity index (χ3n) is 2.22. The van der Waals surface area contributed by atoms with Gasteiger partial charge in [0.2, 0.25) is 0 Å². The maximum Gasteiger partial charge on any atom is 0.303 e. The minimum Gasteiger partial charge on any atom is -0.491 e. The minimum absolute atomic E-state index is 0.00187. The van der Waals surface area contributed by atoms with Crippen molar-refractivity contribution in [3.8, 4) is 5.75 Å². The van der Waals surface area contributed by atoms with Gasteiger partial charge in [-0.15, -0.1) is 0 Å². The van der Waals surface area contributed by atoms with Gasteiger partial charge in [0.15, 0.2) is 0 Å². The molecule has 0 radical (unpaired) electrons. The Morgan fingerprint density at radius 1 is 1.61 bits per heavy atom. The molecule has 0 amide bonds. The van der Waals surface area contributed by atoms with Gasteiger partial charge in [0, 0.05) is 18.6 Å². The number of hydrogen-bond acceptors (Lipinski definition) is 4. The quantitative estimate of drug-likeness (QED) is 0.636. The van der Waals surface area contributed by atoms with Crippen LogP contribution in [0.5, 0.6) is 5.75 Å². The van der Waals surface area contributed by atoms with E-state index in [9.17, 15) is 14.9 Å². The zero-order valence-electron chi connectivity index (χ0n) is 9.63. The fraction of sp³-hybridized carbons (Fsp3) is 0.364. The van der Waals surface area contributed by atoms with E-state index < -0.39 is 10.9 Å². The summed E-state index contributed by atoms with van der Waals surface area (Å²) in [5.74, 6) is -0.518. The van der Waals surface area contributed by atoms with Gasteiger partial charge in [0.05, 0.1) is 11.0 Å². The van der Waals surface area contributed by atoms with Crippen LogP contribution in [0.3, 0.4) is 0 Å². The zero-order valence-corrected chi connectivity index (χ0v) is 10.4. The Hall–Kier alpha value is -1.82. The topological polar surface area (TPSA) is 89.7 Å². The Kier molecular flexibility index (Phi) is 4.91. The zero-order chi connectivity index (χ0) is 13.7.